The van der Waals surface area contributed by atoms with E-state index < -0.39 is 40.8 Å². The molecule has 0 aliphatic heterocycles. The summed E-state index contributed by atoms with van der Waals surface area (Å²) in [6.07, 6.45) is -8.70. The van der Waals surface area contributed by atoms with Gasteiger partial charge in [-0.2, -0.15) is 26.3 Å². The number of amides is 1. The van der Waals surface area contributed by atoms with Gasteiger partial charge in [0.2, 0.25) is 0 Å². The predicted octanol–water partition coefficient (Wildman–Crippen LogP) is 9.67. The number of ether oxygens (including phenoxy) is 1. The first-order chi connectivity index (χ1) is 18.4. The number of rotatable bonds is 5. The lowest BCUT2D eigenvalue weighted by Crippen LogP contribution is -2.18. The Morgan fingerprint density at radius 2 is 1.43 bits per heavy atom. The van der Waals surface area contributed by atoms with E-state index in [1.807, 2.05) is 34.6 Å². The van der Waals surface area contributed by atoms with Gasteiger partial charge in [-0.15, -0.1) is 0 Å². The molecule has 1 heterocycles. The number of hydrogen-bond acceptors (Lipinski definition) is 2. The van der Waals surface area contributed by atoms with Gasteiger partial charge in [-0.3, -0.25) is 4.79 Å². The molecule has 0 atom stereocenters. The lowest BCUT2D eigenvalue weighted by molar-refractivity contribution is -0.144. The van der Waals surface area contributed by atoms with E-state index in [0.717, 1.165) is 11.1 Å². The molecule has 0 aliphatic carbocycles. The van der Waals surface area contributed by atoms with Gasteiger partial charge in [0, 0.05) is 28.4 Å². The highest BCUT2D eigenvalue weighted by molar-refractivity contribution is 6.04. The number of hydrogen-bond donors (Lipinski definition) is 2. The Morgan fingerprint density at radius 3 is 1.93 bits per heavy atom. The molecule has 0 spiro atoms. The summed E-state index contributed by atoms with van der Waals surface area (Å²) in [5.74, 6) is -2.39. The summed E-state index contributed by atoms with van der Waals surface area (Å²) >= 11 is 0. The molecule has 0 fully saturated rings. The molecule has 10 heteroatoms. The Hall–Kier alpha value is -3.95. The van der Waals surface area contributed by atoms with Crippen LogP contribution in [0.3, 0.4) is 0 Å². The van der Waals surface area contributed by atoms with Crippen molar-refractivity contribution in [1.82, 2.24) is 4.98 Å². The van der Waals surface area contributed by atoms with E-state index >= 15 is 0 Å². The van der Waals surface area contributed by atoms with Crippen LogP contribution < -0.4 is 10.1 Å². The van der Waals surface area contributed by atoms with Crippen LogP contribution in [0.2, 0.25) is 0 Å². The minimum atomic E-state index is -5.22. The van der Waals surface area contributed by atoms with E-state index in [2.05, 4.69) is 10.3 Å². The zero-order valence-corrected chi connectivity index (χ0v) is 22.4. The highest BCUT2D eigenvalue weighted by Gasteiger charge is 2.43. The molecule has 0 saturated carbocycles. The highest BCUT2D eigenvalue weighted by Crippen LogP contribution is 2.48. The molecule has 0 bridgehead atoms. The average molecular weight is 563 g/mol. The Labute approximate surface area is 227 Å². The number of carbonyl (C=O) groups is 1. The van der Waals surface area contributed by atoms with Gasteiger partial charge in [0.1, 0.15) is 16.9 Å². The first kappa shape index (κ1) is 29.0. The third-order valence-corrected chi connectivity index (χ3v) is 6.50. The van der Waals surface area contributed by atoms with Gasteiger partial charge in [-0.25, -0.2) is 0 Å². The number of benzene rings is 3. The molecule has 40 heavy (non-hydrogen) atoms. The lowest BCUT2D eigenvalue weighted by atomic mass is 9.87. The van der Waals surface area contributed by atoms with E-state index in [-0.39, 0.29) is 22.6 Å². The Balaban J connectivity index is 1.76. The van der Waals surface area contributed by atoms with Crippen molar-refractivity contribution in [2.75, 3.05) is 5.32 Å². The summed E-state index contributed by atoms with van der Waals surface area (Å²) in [5, 5.41) is 2.80. The number of aromatic nitrogens is 1. The summed E-state index contributed by atoms with van der Waals surface area (Å²) in [6.45, 7) is 9.70. The van der Waals surface area contributed by atoms with Crippen molar-refractivity contribution in [1.29, 1.82) is 0 Å². The van der Waals surface area contributed by atoms with Gasteiger partial charge < -0.3 is 15.0 Å². The monoisotopic (exact) mass is 562 g/mol. The molecule has 0 aliphatic rings. The van der Waals surface area contributed by atoms with Gasteiger partial charge in [-0.05, 0) is 64.9 Å². The van der Waals surface area contributed by atoms with Crippen molar-refractivity contribution in [3.05, 3.63) is 88.6 Å². The lowest BCUT2D eigenvalue weighted by Gasteiger charge is -2.21. The van der Waals surface area contributed by atoms with E-state index in [0.29, 0.717) is 23.0 Å². The van der Waals surface area contributed by atoms with Crippen molar-refractivity contribution in [2.24, 2.45) is 0 Å². The summed E-state index contributed by atoms with van der Waals surface area (Å²) < 4.78 is 90.1. The summed E-state index contributed by atoms with van der Waals surface area (Å²) in [7, 11) is 0. The summed E-state index contributed by atoms with van der Waals surface area (Å²) in [4.78, 5) is 15.8. The largest absolute Gasteiger partial charge is 0.456 e. The maximum Gasteiger partial charge on any atom is 0.420 e. The minimum absolute atomic E-state index is 0.0491. The number of alkyl halides is 6. The van der Waals surface area contributed by atoms with E-state index in [1.165, 1.54) is 30.3 Å². The summed E-state index contributed by atoms with van der Waals surface area (Å²) in [6, 6.07) is 11.4. The van der Waals surface area contributed by atoms with Crippen LogP contribution in [0.4, 0.5) is 32.0 Å². The molecule has 3 aromatic carbocycles. The summed E-state index contributed by atoms with van der Waals surface area (Å²) in [5.41, 5.74) is -1.73. The second-order valence-electron chi connectivity index (χ2n) is 10.9. The van der Waals surface area contributed by atoms with Crippen molar-refractivity contribution in [2.45, 2.75) is 58.3 Å². The zero-order chi connectivity index (χ0) is 29.6. The molecule has 212 valence electrons. The quantitative estimate of drug-likeness (QED) is 0.238. The third kappa shape index (κ3) is 6.11. The van der Waals surface area contributed by atoms with Crippen LogP contribution in [0.15, 0.2) is 60.8 Å². The molecule has 4 nitrogen and oxygen atoms in total. The van der Waals surface area contributed by atoms with Gasteiger partial charge in [0.05, 0.1) is 0 Å². The van der Waals surface area contributed by atoms with Crippen molar-refractivity contribution < 1.29 is 35.9 Å². The van der Waals surface area contributed by atoms with Crippen LogP contribution in [0, 0.1) is 0 Å². The molecular weight excluding hydrogens is 534 g/mol. The number of H-pyrrole nitrogens is 1. The zero-order valence-electron chi connectivity index (χ0n) is 22.4. The molecule has 0 saturated heterocycles. The number of aromatic amines is 1. The maximum absolute atomic E-state index is 14.1. The van der Waals surface area contributed by atoms with E-state index in [1.54, 1.807) is 18.3 Å². The number of carbonyl (C=O) groups excluding carboxylic acids is 1. The van der Waals surface area contributed by atoms with E-state index in [4.69, 9.17) is 4.74 Å². The van der Waals surface area contributed by atoms with Crippen molar-refractivity contribution in [3.8, 4) is 11.5 Å². The first-order valence-electron chi connectivity index (χ1n) is 12.5. The fourth-order valence-corrected chi connectivity index (χ4v) is 4.34. The maximum atomic E-state index is 14.1. The third-order valence-electron chi connectivity index (χ3n) is 6.50. The normalized spacial score (nSPS) is 12.7. The fraction of sp³-hybridized carbons (Fsp3) is 0.300. The average Bonchev–Trinajstić information content (AvgIpc) is 3.26. The number of halogens is 6. The first-order valence-corrected chi connectivity index (χ1v) is 12.5. The Morgan fingerprint density at radius 1 is 0.850 bits per heavy atom. The second-order valence-corrected chi connectivity index (χ2v) is 10.9. The molecule has 1 aromatic heterocycles. The van der Waals surface area contributed by atoms with Crippen LogP contribution >= 0.6 is 0 Å². The molecule has 4 aromatic rings. The van der Waals surface area contributed by atoms with Gasteiger partial charge in [-0.1, -0.05) is 46.8 Å². The minimum Gasteiger partial charge on any atom is -0.456 e. The van der Waals surface area contributed by atoms with Crippen LogP contribution in [0.1, 0.15) is 73.1 Å². The Kier molecular flexibility index (Phi) is 7.42. The van der Waals surface area contributed by atoms with Gasteiger partial charge >= 0.3 is 12.4 Å². The van der Waals surface area contributed by atoms with Gasteiger partial charge in [0.25, 0.3) is 5.91 Å². The van der Waals surface area contributed by atoms with Gasteiger partial charge in [0.15, 0.2) is 5.75 Å². The van der Waals surface area contributed by atoms with Crippen LogP contribution in [-0.2, 0) is 17.8 Å². The number of fused-ring (bicyclic) bond motifs is 1. The topological polar surface area (TPSA) is 54.1 Å². The smallest absolute Gasteiger partial charge is 0.420 e. The van der Waals surface area contributed by atoms with E-state index in [9.17, 15) is 31.1 Å². The SMILES string of the molecule is CC(C)c1c[nH]c2ccc(Oc3c(C(F)(F)F)cc(NC(=O)c4ccc(C(C)(C)C)cc4)cc3C(F)(F)F)cc12. The van der Waals surface area contributed by atoms with Crippen LogP contribution in [-0.4, -0.2) is 10.9 Å². The van der Waals surface area contributed by atoms with Crippen molar-refractivity contribution >= 4 is 22.5 Å². The molecule has 0 radical (unpaired) electrons. The second kappa shape index (κ2) is 10.2. The molecule has 2 N–H and O–H groups in total. The van der Waals surface area contributed by atoms with Crippen LogP contribution in [0.5, 0.6) is 11.5 Å². The standard InChI is InChI=1S/C30H28F6N2O2/c1-16(2)22-15-37-25-11-10-20(14-21(22)25)40-26-23(29(31,32)33)12-19(13-24(26)30(34,35)36)38-27(39)17-6-8-18(9-7-17)28(3,4)5/h6-16,37H,1-5H3,(H,38,39). The number of nitrogens with one attached hydrogen (secondary N) is 2. The molecular formula is C30H28F6N2O2. The molecule has 1 amide bonds. The van der Waals surface area contributed by atoms with Crippen molar-refractivity contribution in [3.63, 3.8) is 0 Å². The molecule has 0 unspecified atom stereocenters. The fourth-order valence-electron chi connectivity index (χ4n) is 4.34. The number of anilines is 1. The van der Waals surface area contributed by atoms with Crippen LogP contribution in [0.25, 0.3) is 10.9 Å². The molecule has 4 rings (SSSR count). The highest BCUT2D eigenvalue weighted by atomic mass is 19.4. The Bertz CT molecular complexity index is 1510. The predicted molar refractivity (Wildman–Crippen MR) is 142 cm³/mol.